The second kappa shape index (κ2) is 5.75. The van der Waals surface area contributed by atoms with Crippen LogP contribution in [0.15, 0.2) is 24.3 Å². The molecule has 0 aliphatic carbocycles. The predicted molar refractivity (Wildman–Crippen MR) is 67.6 cm³/mol. The van der Waals surface area contributed by atoms with Crippen molar-refractivity contribution in [3.05, 3.63) is 41.5 Å². The molecule has 0 aliphatic heterocycles. The maximum Gasteiger partial charge on any atom is -0.0184 e. The molecule has 81 valence electrons. The minimum atomic E-state index is 0.600. The van der Waals surface area contributed by atoms with E-state index in [-0.39, 0.29) is 0 Å². The Labute approximate surface area is 94.0 Å². The fourth-order valence-electron chi connectivity index (χ4n) is 1.94. The van der Waals surface area contributed by atoms with E-state index in [1.807, 2.05) is 6.92 Å². The largest absolute Gasteiger partial charge is 0.0648 e. The maximum absolute atomic E-state index is 3.36. The third-order valence-electron chi connectivity index (χ3n) is 3.06. The Hall–Kier alpha value is -1.04. The standard InChI is InChI=1S/C15H21/c1-5-12(4)14(7-3)15-11-9-8-10-13(15)6-2/h8-12H,5-6H2,1-4H3. The molecule has 1 radical (unpaired) electrons. The molecule has 0 aromatic heterocycles. The molecule has 1 rings (SSSR count). The zero-order chi connectivity index (χ0) is 11.3. The van der Waals surface area contributed by atoms with Crippen LogP contribution in [0, 0.1) is 12.0 Å². The van der Waals surface area contributed by atoms with Gasteiger partial charge in [-0.2, -0.15) is 0 Å². The normalized spacial score (nSPS) is 14.0. The van der Waals surface area contributed by atoms with Gasteiger partial charge >= 0.3 is 0 Å². The Morgan fingerprint density at radius 3 is 2.47 bits per heavy atom. The van der Waals surface area contributed by atoms with Crippen molar-refractivity contribution in [2.24, 2.45) is 5.92 Å². The lowest BCUT2D eigenvalue weighted by atomic mass is 9.88. The molecule has 1 unspecified atom stereocenters. The first kappa shape index (κ1) is 12.0. The van der Waals surface area contributed by atoms with Crippen molar-refractivity contribution < 1.29 is 0 Å². The minimum Gasteiger partial charge on any atom is -0.0648 e. The third-order valence-corrected chi connectivity index (χ3v) is 3.06. The van der Waals surface area contributed by atoms with Gasteiger partial charge in [-0.3, -0.25) is 0 Å². The average molecular weight is 201 g/mol. The summed E-state index contributed by atoms with van der Waals surface area (Å²) < 4.78 is 0. The van der Waals surface area contributed by atoms with Crippen molar-refractivity contribution in [1.82, 2.24) is 0 Å². The summed E-state index contributed by atoms with van der Waals surface area (Å²) in [6, 6.07) is 8.67. The lowest BCUT2D eigenvalue weighted by Crippen LogP contribution is -2.00. The maximum atomic E-state index is 3.36. The van der Waals surface area contributed by atoms with Crippen molar-refractivity contribution in [3.63, 3.8) is 0 Å². The summed E-state index contributed by atoms with van der Waals surface area (Å²) in [5.41, 5.74) is 4.19. The van der Waals surface area contributed by atoms with Crippen LogP contribution in [0.1, 0.15) is 45.2 Å². The van der Waals surface area contributed by atoms with Gasteiger partial charge in [0.05, 0.1) is 0 Å². The second-order valence-corrected chi connectivity index (χ2v) is 3.98. The van der Waals surface area contributed by atoms with Crippen molar-refractivity contribution in [3.8, 4) is 0 Å². The molecule has 0 N–H and O–H groups in total. The van der Waals surface area contributed by atoms with Gasteiger partial charge in [-0.05, 0) is 48.5 Å². The van der Waals surface area contributed by atoms with E-state index >= 15 is 0 Å². The second-order valence-electron chi connectivity index (χ2n) is 3.98. The predicted octanol–water partition coefficient (Wildman–Crippen LogP) is 4.50. The number of rotatable bonds is 4. The highest BCUT2D eigenvalue weighted by molar-refractivity contribution is 5.68. The third kappa shape index (κ3) is 2.71. The Balaban J connectivity index is 3.13. The van der Waals surface area contributed by atoms with Crippen LogP contribution in [0.25, 0.3) is 5.57 Å². The molecule has 0 saturated heterocycles. The van der Waals surface area contributed by atoms with E-state index in [9.17, 15) is 0 Å². The fraction of sp³-hybridized carbons (Fsp3) is 0.467. The number of hydrogen-bond donors (Lipinski definition) is 0. The summed E-state index contributed by atoms with van der Waals surface area (Å²) in [5.74, 6) is 0.600. The van der Waals surface area contributed by atoms with Crippen LogP contribution in [0.2, 0.25) is 0 Å². The Morgan fingerprint density at radius 1 is 1.27 bits per heavy atom. The molecule has 0 heteroatoms. The molecule has 15 heavy (non-hydrogen) atoms. The van der Waals surface area contributed by atoms with Crippen molar-refractivity contribution in [2.45, 2.75) is 40.5 Å². The summed E-state index contributed by atoms with van der Waals surface area (Å²) in [5, 5.41) is 0. The first-order chi connectivity index (χ1) is 7.24. The van der Waals surface area contributed by atoms with E-state index in [1.54, 1.807) is 0 Å². The fourth-order valence-corrected chi connectivity index (χ4v) is 1.94. The molecular formula is C15H21. The molecule has 0 heterocycles. The Kier molecular flexibility index (Phi) is 4.61. The van der Waals surface area contributed by atoms with Crippen LogP contribution in [0.3, 0.4) is 0 Å². The number of aryl methyl sites for hydroxylation is 1. The van der Waals surface area contributed by atoms with E-state index in [0.29, 0.717) is 5.92 Å². The van der Waals surface area contributed by atoms with Gasteiger partial charge in [0.2, 0.25) is 0 Å². The molecule has 0 amide bonds. The quantitative estimate of drug-likeness (QED) is 0.672. The summed E-state index contributed by atoms with van der Waals surface area (Å²) in [6.45, 7) is 8.74. The molecule has 0 spiro atoms. The van der Waals surface area contributed by atoms with Gasteiger partial charge < -0.3 is 0 Å². The highest BCUT2D eigenvalue weighted by Gasteiger charge is 2.11. The first-order valence-corrected chi connectivity index (χ1v) is 5.87. The van der Waals surface area contributed by atoms with Crippen LogP contribution in [0.5, 0.6) is 0 Å². The SMILES string of the molecule is C[C]=C(c1ccccc1CC)C(C)CC. The molecule has 0 bridgehead atoms. The van der Waals surface area contributed by atoms with Crippen LogP contribution in [-0.2, 0) is 6.42 Å². The molecule has 1 atom stereocenters. The Bertz CT molecular complexity index is 334. The zero-order valence-electron chi connectivity index (χ0n) is 10.3. The molecule has 1 aromatic rings. The van der Waals surface area contributed by atoms with E-state index in [2.05, 4.69) is 51.1 Å². The highest BCUT2D eigenvalue weighted by atomic mass is 14.2. The number of allylic oxidation sites excluding steroid dienone is 2. The van der Waals surface area contributed by atoms with Crippen LogP contribution >= 0.6 is 0 Å². The lowest BCUT2D eigenvalue weighted by Gasteiger charge is -2.16. The smallest absolute Gasteiger partial charge is 0.0184 e. The van der Waals surface area contributed by atoms with E-state index < -0.39 is 0 Å². The van der Waals surface area contributed by atoms with E-state index in [0.717, 1.165) is 6.42 Å². The van der Waals surface area contributed by atoms with E-state index in [1.165, 1.54) is 23.1 Å². The van der Waals surface area contributed by atoms with Gasteiger partial charge in [0.1, 0.15) is 0 Å². The molecule has 0 nitrogen and oxygen atoms in total. The van der Waals surface area contributed by atoms with Crippen molar-refractivity contribution >= 4 is 5.57 Å². The molecular weight excluding hydrogens is 180 g/mol. The highest BCUT2D eigenvalue weighted by Crippen LogP contribution is 2.28. The number of hydrogen-bond acceptors (Lipinski definition) is 0. The van der Waals surface area contributed by atoms with Crippen molar-refractivity contribution in [2.75, 3.05) is 0 Å². The number of benzene rings is 1. The minimum absolute atomic E-state index is 0.600. The average Bonchev–Trinajstić information content (AvgIpc) is 2.30. The molecule has 0 fully saturated rings. The van der Waals surface area contributed by atoms with Crippen LogP contribution in [0.4, 0.5) is 0 Å². The van der Waals surface area contributed by atoms with Crippen molar-refractivity contribution in [1.29, 1.82) is 0 Å². The lowest BCUT2D eigenvalue weighted by molar-refractivity contribution is 0.714. The summed E-state index contributed by atoms with van der Waals surface area (Å²) in [6.07, 6.45) is 5.63. The van der Waals surface area contributed by atoms with Gasteiger partial charge in [0.25, 0.3) is 0 Å². The monoisotopic (exact) mass is 201 g/mol. The Morgan fingerprint density at radius 2 is 1.93 bits per heavy atom. The summed E-state index contributed by atoms with van der Waals surface area (Å²) >= 11 is 0. The molecule has 1 aromatic carbocycles. The van der Waals surface area contributed by atoms with Gasteiger partial charge in [-0.15, -0.1) is 0 Å². The molecule has 0 aliphatic rings. The first-order valence-electron chi connectivity index (χ1n) is 5.87. The zero-order valence-corrected chi connectivity index (χ0v) is 10.3. The summed E-state index contributed by atoms with van der Waals surface area (Å²) in [4.78, 5) is 0. The topological polar surface area (TPSA) is 0 Å². The van der Waals surface area contributed by atoms with Gasteiger partial charge in [0.15, 0.2) is 0 Å². The van der Waals surface area contributed by atoms with E-state index in [4.69, 9.17) is 0 Å². The van der Waals surface area contributed by atoms with Gasteiger partial charge in [-0.1, -0.05) is 45.0 Å². The van der Waals surface area contributed by atoms with Gasteiger partial charge in [-0.25, -0.2) is 0 Å². The molecule has 0 saturated carbocycles. The van der Waals surface area contributed by atoms with Gasteiger partial charge in [0, 0.05) is 0 Å². The summed E-state index contributed by atoms with van der Waals surface area (Å²) in [7, 11) is 0. The van der Waals surface area contributed by atoms with Crippen LogP contribution in [-0.4, -0.2) is 0 Å². The van der Waals surface area contributed by atoms with Crippen LogP contribution < -0.4 is 0 Å².